The molecule has 2 nitrogen and oxygen atoms in total. The predicted molar refractivity (Wildman–Crippen MR) is 79.1 cm³/mol. The second-order valence-corrected chi connectivity index (χ2v) is 7.29. The highest BCUT2D eigenvalue weighted by Crippen LogP contribution is 2.23. The monoisotopic (exact) mass is 336 g/mol. The van der Waals surface area contributed by atoms with Gasteiger partial charge in [0.1, 0.15) is 0 Å². The van der Waals surface area contributed by atoms with Gasteiger partial charge in [0.2, 0.25) is 0 Å². The Morgan fingerprint density at radius 2 is 1.94 bits per heavy atom. The van der Waals surface area contributed by atoms with Crippen molar-refractivity contribution in [3.05, 3.63) is 20.8 Å². The number of hydrogen-bond acceptors (Lipinski definition) is 3. The van der Waals surface area contributed by atoms with Crippen LogP contribution < -0.4 is 0 Å². The lowest BCUT2D eigenvalue weighted by Crippen LogP contribution is -2.31. The van der Waals surface area contributed by atoms with Crippen LogP contribution in [-0.2, 0) is 6.54 Å². The molecule has 1 saturated heterocycles. The van der Waals surface area contributed by atoms with Crippen LogP contribution in [0.1, 0.15) is 11.3 Å². The van der Waals surface area contributed by atoms with Crippen molar-refractivity contribution in [3.8, 4) is 0 Å². The van der Waals surface area contributed by atoms with Gasteiger partial charge in [-0.3, -0.25) is 4.90 Å². The van der Waals surface area contributed by atoms with Crippen LogP contribution in [0, 0.1) is 0 Å². The van der Waals surface area contributed by atoms with Crippen LogP contribution in [-0.4, -0.2) is 48.4 Å². The maximum atomic E-state index is 5.80. The van der Waals surface area contributed by atoms with Gasteiger partial charge in [-0.15, -0.1) is 22.9 Å². The summed E-state index contributed by atoms with van der Waals surface area (Å²) in [6.45, 7) is 6.82. The van der Waals surface area contributed by atoms with Gasteiger partial charge in [0.15, 0.2) is 0 Å². The average Bonchev–Trinajstić information content (AvgIpc) is 2.58. The summed E-state index contributed by atoms with van der Waals surface area (Å²) in [4.78, 5) is 6.46. The smallest absolute Gasteiger partial charge is 0.0701 e. The third-order valence-corrected chi connectivity index (χ3v) is 4.87. The van der Waals surface area contributed by atoms with Gasteiger partial charge in [0, 0.05) is 36.9 Å². The van der Waals surface area contributed by atoms with E-state index in [0.717, 1.165) is 32.1 Å². The van der Waals surface area contributed by atoms with E-state index in [1.165, 1.54) is 28.2 Å². The van der Waals surface area contributed by atoms with Crippen LogP contribution in [0.4, 0.5) is 0 Å². The molecular weight excluding hydrogens is 320 g/mol. The van der Waals surface area contributed by atoms with Gasteiger partial charge in [0.25, 0.3) is 0 Å². The zero-order chi connectivity index (χ0) is 12.1. The minimum Gasteiger partial charge on any atom is -0.301 e. The molecular formula is C12H18BrClN2S. The van der Waals surface area contributed by atoms with Crippen LogP contribution in [0.25, 0.3) is 0 Å². The second-order valence-electron chi connectivity index (χ2n) is 4.37. The normalized spacial score (nSPS) is 19.4. The first kappa shape index (κ1) is 13.8. The van der Waals surface area contributed by atoms with Gasteiger partial charge >= 0.3 is 0 Å². The first-order valence-corrected chi connectivity index (χ1v) is 8.17. The van der Waals surface area contributed by atoms with Crippen molar-refractivity contribution in [2.45, 2.75) is 13.0 Å². The van der Waals surface area contributed by atoms with Crippen LogP contribution in [0.15, 0.2) is 15.9 Å². The molecule has 5 heteroatoms. The van der Waals surface area contributed by atoms with E-state index in [0.29, 0.717) is 0 Å². The molecule has 0 N–H and O–H groups in total. The molecule has 0 saturated carbocycles. The molecule has 0 spiro atoms. The van der Waals surface area contributed by atoms with E-state index in [2.05, 4.69) is 37.9 Å². The molecule has 0 radical (unpaired) electrons. The van der Waals surface area contributed by atoms with Gasteiger partial charge < -0.3 is 4.90 Å². The first-order valence-electron chi connectivity index (χ1n) is 6.03. The van der Waals surface area contributed by atoms with E-state index >= 15 is 0 Å². The number of halogens is 2. The van der Waals surface area contributed by atoms with Crippen LogP contribution in [0.3, 0.4) is 0 Å². The number of alkyl halides is 1. The Morgan fingerprint density at radius 1 is 1.18 bits per heavy atom. The van der Waals surface area contributed by atoms with Gasteiger partial charge in [-0.25, -0.2) is 0 Å². The van der Waals surface area contributed by atoms with Crippen molar-refractivity contribution >= 4 is 38.9 Å². The lowest BCUT2D eigenvalue weighted by Gasteiger charge is -2.20. The summed E-state index contributed by atoms with van der Waals surface area (Å²) in [7, 11) is 0. The number of rotatable bonds is 4. The second kappa shape index (κ2) is 7.10. The van der Waals surface area contributed by atoms with E-state index in [1.54, 1.807) is 0 Å². The van der Waals surface area contributed by atoms with E-state index in [1.807, 2.05) is 11.3 Å². The topological polar surface area (TPSA) is 6.48 Å². The molecule has 17 heavy (non-hydrogen) atoms. The van der Waals surface area contributed by atoms with Crippen molar-refractivity contribution < 1.29 is 0 Å². The van der Waals surface area contributed by atoms with E-state index in [9.17, 15) is 0 Å². The van der Waals surface area contributed by atoms with Gasteiger partial charge in [-0.1, -0.05) is 0 Å². The van der Waals surface area contributed by atoms with Crippen molar-refractivity contribution in [3.63, 3.8) is 0 Å². The SMILES string of the molecule is ClCCN1CCCN(Cc2ccc(Br)s2)CC1. The third-order valence-electron chi connectivity index (χ3n) is 3.09. The highest BCUT2D eigenvalue weighted by atomic mass is 79.9. The molecule has 0 bridgehead atoms. The molecule has 96 valence electrons. The van der Waals surface area contributed by atoms with E-state index in [-0.39, 0.29) is 0 Å². The summed E-state index contributed by atoms with van der Waals surface area (Å²) in [5.74, 6) is 0.748. The third kappa shape index (κ3) is 4.52. The fourth-order valence-electron chi connectivity index (χ4n) is 2.18. The molecule has 2 heterocycles. The highest BCUT2D eigenvalue weighted by molar-refractivity contribution is 9.11. The standard InChI is InChI=1S/C12H18BrClN2S/c13-12-3-2-11(17-12)10-16-6-1-5-15(7-4-14)8-9-16/h2-3H,1,4-10H2. The summed E-state index contributed by atoms with van der Waals surface area (Å²) in [5.41, 5.74) is 0. The van der Waals surface area contributed by atoms with Gasteiger partial charge in [-0.05, 0) is 47.6 Å². The van der Waals surface area contributed by atoms with Gasteiger partial charge in [0.05, 0.1) is 3.79 Å². The van der Waals surface area contributed by atoms with E-state index in [4.69, 9.17) is 11.6 Å². The maximum absolute atomic E-state index is 5.80. The quantitative estimate of drug-likeness (QED) is 0.778. The Hall–Kier alpha value is 0.390. The summed E-state index contributed by atoms with van der Waals surface area (Å²) >= 11 is 11.2. The molecule has 1 aromatic rings. The lowest BCUT2D eigenvalue weighted by molar-refractivity contribution is 0.259. The highest BCUT2D eigenvalue weighted by Gasteiger charge is 2.14. The number of hydrogen-bond donors (Lipinski definition) is 0. The molecule has 1 aliphatic rings. The molecule has 1 fully saturated rings. The summed E-state index contributed by atoms with van der Waals surface area (Å²) in [6, 6.07) is 4.35. The van der Waals surface area contributed by atoms with Crippen molar-refractivity contribution in [1.82, 2.24) is 9.80 Å². The predicted octanol–water partition coefficient (Wildman–Crippen LogP) is 3.26. The summed E-state index contributed by atoms with van der Waals surface area (Å²) in [6.07, 6.45) is 1.25. The van der Waals surface area contributed by atoms with Crippen molar-refractivity contribution in [2.24, 2.45) is 0 Å². The molecule has 2 rings (SSSR count). The summed E-state index contributed by atoms with van der Waals surface area (Å²) in [5, 5.41) is 0. The fraction of sp³-hybridized carbons (Fsp3) is 0.667. The first-order chi connectivity index (χ1) is 8.28. The zero-order valence-electron chi connectivity index (χ0n) is 9.87. The molecule has 1 aromatic heterocycles. The average molecular weight is 338 g/mol. The summed E-state index contributed by atoms with van der Waals surface area (Å²) < 4.78 is 1.23. The van der Waals surface area contributed by atoms with E-state index < -0.39 is 0 Å². The Kier molecular flexibility index (Phi) is 5.77. The van der Waals surface area contributed by atoms with Gasteiger partial charge in [-0.2, -0.15) is 0 Å². The number of thiophene rings is 1. The Bertz CT molecular complexity index is 345. The zero-order valence-corrected chi connectivity index (χ0v) is 13.0. The Labute approximate surface area is 121 Å². The minimum atomic E-state index is 0.748. The van der Waals surface area contributed by atoms with Crippen LogP contribution in [0.2, 0.25) is 0 Å². The molecule has 0 atom stereocenters. The fourth-order valence-corrected chi connectivity index (χ4v) is 3.95. The molecule has 0 aliphatic carbocycles. The molecule has 0 aromatic carbocycles. The maximum Gasteiger partial charge on any atom is 0.0701 e. The van der Waals surface area contributed by atoms with Crippen molar-refractivity contribution in [1.29, 1.82) is 0 Å². The van der Waals surface area contributed by atoms with Crippen molar-refractivity contribution in [2.75, 3.05) is 38.6 Å². The Balaban J connectivity index is 1.82. The van der Waals surface area contributed by atoms with Crippen LogP contribution >= 0.6 is 38.9 Å². The molecule has 0 amide bonds. The molecule has 1 aliphatic heterocycles. The Morgan fingerprint density at radius 3 is 2.65 bits per heavy atom. The lowest BCUT2D eigenvalue weighted by atomic mass is 10.3. The number of nitrogens with zero attached hydrogens (tertiary/aromatic N) is 2. The minimum absolute atomic E-state index is 0.748. The van der Waals surface area contributed by atoms with Crippen LogP contribution in [0.5, 0.6) is 0 Å². The molecule has 0 unspecified atom stereocenters. The largest absolute Gasteiger partial charge is 0.301 e.